The van der Waals surface area contributed by atoms with Crippen molar-refractivity contribution >= 4 is 28.9 Å². The van der Waals surface area contributed by atoms with Crippen LogP contribution in [-0.2, 0) is 45.9 Å². The number of benzene rings is 2. The van der Waals surface area contributed by atoms with Gasteiger partial charge in [-0.1, -0.05) is 109 Å². The van der Waals surface area contributed by atoms with E-state index < -0.39 is 22.0 Å². The van der Waals surface area contributed by atoms with Crippen LogP contribution in [-0.4, -0.2) is 59.4 Å². The monoisotopic (exact) mass is 825 g/mol. The summed E-state index contributed by atoms with van der Waals surface area (Å²) in [6.45, 7) is 20.9. The number of carbonyl (C=O) groups is 2. The Bertz CT molecular complexity index is 1370. The molecular formula is C48H80O7Si2. The van der Waals surface area contributed by atoms with Crippen molar-refractivity contribution in [1.29, 1.82) is 0 Å². The molecule has 1 saturated heterocycles. The first-order valence-electron chi connectivity index (χ1n) is 22.7. The predicted octanol–water partition coefficient (Wildman–Crippen LogP) is 12.6. The van der Waals surface area contributed by atoms with Gasteiger partial charge in [0.25, 0.3) is 0 Å². The highest BCUT2D eigenvalue weighted by Gasteiger charge is 2.43. The van der Waals surface area contributed by atoms with Gasteiger partial charge in [0.1, 0.15) is 12.9 Å². The lowest BCUT2D eigenvalue weighted by Gasteiger charge is -2.41. The predicted molar refractivity (Wildman–Crippen MR) is 239 cm³/mol. The van der Waals surface area contributed by atoms with E-state index in [0.29, 0.717) is 18.9 Å². The quantitative estimate of drug-likeness (QED) is 0.0350. The Morgan fingerprint density at radius 1 is 0.772 bits per heavy atom. The normalized spacial score (nSPS) is 18.8. The number of unbranched alkanes of at least 4 members (excludes halogenated alkanes) is 1. The van der Waals surface area contributed by atoms with Crippen LogP contribution < -0.4 is 0 Å². The zero-order chi connectivity index (χ0) is 41.7. The van der Waals surface area contributed by atoms with Gasteiger partial charge in [0.15, 0.2) is 16.6 Å². The van der Waals surface area contributed by atoms with Crippen LogP contribution in [0.5, 0.6) is 0 Å². The van der Waals surface area contributed by atoms with Crippen molar-refractivity contribution in [1.82, 2.24) is 0 Å². The van der Waals surface area contributed by atoms with E-state index >= 15 is 0 Å². The van der Waals surface area contributed by atoms with E-state index in [1.807, 2.05) is 50.2 Å². The van der Waals surface area contributed by atoms with Gasteiger partial charge in [0, 0.05) is 12.5 Å². The van der Waals surface area contributed by atoms with Gasteiger partial charge in [-0.05, 0) is 125 Å². The highest BCUT2D eigenvalue weighted by atomic mass is 28.4. The third-order valence-corrected chi connectivity index (χ3v) is 22.7. The molecule has 0 amide bonds. The molecule has 1 heterocycles. The largest absolute Gasteiger partial charge is 0.460 e. The summed E-state index contributed by atoms with van der Waals surface area (Å²) in [5.74, 6) is 0.0853. The first-order valence-corrected chi connectivity index (χ1v) is 27.8. The van der Waals surface area contributed by atoms with Gasteiger partial charge in [-0.25, -0.2) is 0 Å². The van der Waals surface area contributed by atoms with Gasteiger partial charge in [0.05, 0.1) is 36.4 Å². The standard InChI is InChI=1S/C48H80O7Si2/c1-10-56(11-2,12-3)54-42(29-22-23-34-49)33-32-39(7)45(55-57(13-4,14-5)15-6)36-44(51-37-40-25-18-16-19-26-40)35-43-30-24-31-46(53-43)48(8,9)47(50)52-38-41-27-20-17-21-28-41/h16-21,25-28,34,39,42-46H,10-15,22-24,29-33,35-38H2,1-9H3/t39-,42+,43-,44+,45+,46+/m0/s1. The van der Waals surface area contributed by atoms with Crippen LogP contribution in [0.3, 0.4) is 0 Å². The van der Waals surface area contributed by atoms with Crippen molar-refractivity contribution < 1.29 is 32.7 Å². The van der Waals surface area contributed by atoms with Crippen LogP contribution in [0.4, 0.5) is 0 Å². The number of hydrogen-bond donors (Lipinski definition) is 0. The first kappa shape index (κ1) is 49.2. The molecule has 0 bridgehead atoms. The zero-order valence-corrected chi connectivity index (χ0v) is 39.4. The maximum absolute atomic E-state index is 13.5. The number of aldehydes is 1. The van der Waals surface area contributed by atoms with E-state index in [1.165, 1.54) is 0 Å². The smallest absolute Gasteiger partial charge is 0.314 e. The van der Waals surface area contributed by atoms with Crippen LogP contribution in [0.25, 0.3) is 0 Å². The summed E-state index contributed by atoms with van der Waals surface area (Å²) >= 11 is 0. The molecule has 322 valence electrons. The minimum absolute atomic E-state index is 0.0296. The Balaban J connectivity index is 1.84. The molecule has 3 rings (SSSR count). The summed E-state index contributed by atoms with van der Waals surface area (Å²) < 4.78 is 34.2. The molecule has 1 aliphatic heterocycles. The summed E-state index contributed by atoms with van der Waals surface area (Å²) in [6.07, 6.45) is 9.61. The number of hydrogen-bond acceptors (Lipinski definition) is 7. The van der Waals surface area contributed by atoms with Crippen LogP contribution in [0, 0.1) is 11.3 Å². The Hall–Kier alpha value is -2.15. The molecule has 0 N–H and O–H groups in total. The molecule has 0 spiro atoms. The van der Waals surface area contributed by atoms with Gasteiger partial charge in [-0.2, -0.15) is 0 Å². The fourth-order valence-electron chi connectivity index (χ4n) is 8.61. The van der Waals surface area contributed by atoms with Crippen molar-refractivity contribution in [3.63, 3.8) is 0 Å². The number of esters is 1. The molecule has 1 aliphatic rings. The molecule has 6 atom stereocenters. The lowest BCUT2D eigenvalue weighted by Crippen LogP contribution is -2.46. The second-order valence-electron chi connectivity index (χ2n) is 17.4. The molecule has 1 fully saturated rings. The molecule has 2 aromatic rings. The average molecular weight is 825 g/mol. The number of carbonyl (C=O) groups excluding carboxylic acids is 2. The van der Waals surface area contributed by atoms with Crippen molar-refractivity contribution in [3.05, 3.63) is 71.8 Å². The molecule has 0 unspecified atom stereocenters. The Kier molecular flexibility index (Phi) is 22.0. The molecule has 0 aliphatic carbocycles. The summed E-state index contributed by atoms with van der Waals surface area (Å²) in [5, 5.41) is 0. The lowest BCUT2D eigenvalue weighted by atomic mass is 9.81. The summed E-state index contributed by atoms with van der Waals surface area (Å²) in [4.78, 5) is 24.8. The van der Waals surface area contributed by atoms with Gasteiger partial charge >= 0.3 is 5.97 Å². The van der Waals surface area contributed by atoms with Crippen molar-refractivity contribution in [2.75, 3.05) is 0 Å². The second kappa shape index (κ2) is 25.5. The van der Waals surface area contributed by atoms with Gasteiger partial charge < -0.3 is 27.9 Å². The fraction of sp³-hybridized carbons (Fsp3) is 0.708. The molecule has 57 heavy (non-hydrogen) atoms. The molecule has 0 aromatic heterocycles. The van der Waals surface area contributed by atoms with Crippen molar-refractivity contribution in [3.8, 4) is 0 Å². The number of rotatable bonds is 29. The SMILES string of the molecule is CC[Si](CC)(CC)O[C@H](CCCC=O)CC[C@H](C)[C@@H](C[C@@H](C[C@@H]1CCC[C@H](C(C)(C)C(=O)OCc2ccccc2)O1)OCc1ccccc1)O[Si](CC)(CC)CC. The van der Waals surface area contributed by atoms with E-state index in [1.54, 1.807) is 0 Å². The molecule has 9 heteroatoms. The first-order chi connectivity index (χ1) is 27.4. The summed E-state index contributed by atoms with van der Waals surface area (Å²) in [6, 6.07) is 27.0. The van der Waals surface area contributed by atoms with E-state index in [-0.39, 0.29) is 43.1 Å². The molecule has 7 nitrogen and oxygen atoms in total. The second-order valence-corrected chi connectivity index (χ2v) is 26.8. The number of ether oxygens (including phenoxy) is 3. The summed E-state index contributed by atoms with van der Waals surface area (Å²) in [5.41, 5.74) is 1.36. The van der Waals surface area contributed by atoms with Crippen LogP contribution in [0.2, 0.25) is 36.3 Å². The average Bonchev–Trinajstić information content (AvgIpc) is 3.25. The van der Waals surface area contributed by atoms with Crippen LogP contribution >= 0.6 is 0 Å². The Morgan fingerprint density at radius 3 is 1.89 bits per heavy atom. The van der Waals surface area contributed by atoms with Crippen molar-refractivity contribution in [2.24, 2.45) is 11.3 Å². The van der Waals surface area contributed by atoms with E-state index in [0.717, 1.165) is 111 Å². The maximum Gasteiger partial charge on any atom is 0.314 e. The lowest BCUT2D eigenvalue weighted by molar-refractivity contribution is -0.175. The van der Waals surface area contributed by atoms with Gasteiger partial charge in [-0.3, -0.25) is 4.79 Å². The van der Waals surface area contributed by atoms with Gasteiger partial charge in [-0.15, -0.1) is 0 Å². The zero-order valence-electron chi connectivity index (χ0n) is 37.4. The molecule has 2 aromatic carbocycles. The van der Waals surface area contributed by atoms with Crippen molar-refractivity contribution in [2.45, 2.75) is 207 Å². The molecular weight excluding hydrogens is 745 g/mol. The topological polar surface area (TPSA) is 80.3 Å². The highest BCUT2D eigenvalue weighted by molar-refractivity contribution is 6.74. The Labute approximate surface area is 350 Å². The summed E-state index contributed by atoms with van der Waals surface area (Å²) in [7, 11) is -3.78. The Morgan fingerprint density at radius 2 is 1.33 bits per heavy atom. The minimum Gasteiger partial charge on any atom is -0.460 e. The van der Waals surface area contributed by atoms with Gasteiger partial charge in [0.2, 0.25) is 0 Å². The molecule has 0 radical (unpaired) electrons. The van der Waals surface area contributed by atoms with E-state index in [2.05, 4.69) is 72.7 Å². The third-order valence-electron chi connectivity index (χ3n) is 13.4. The third kappa shape index (κ3) is 15.8. The maximum atomic E-state index is 13.5. The fourth-order valence-corrected chi connectivity index (χ4v) is 14.5. The minimum atomic E-state index is -1.97. The van der Waals surface area contributed by atoms with Crippen LogP contribution in [0.15, 0.2) is 60.7 Å². The highest BCUT2D eigenvalue weighted by Crippen LogP contribution is 2.37. The molecule has 0 saturated carbocycles. The van der Waals surface area contributed by atoms with E-state index in [4.69, 9.17) is 23.1 Å². The van der Waals surface area contributed by atoms with Crippen LogP contribution in [0.1, 0.15) is 138 Å². The van der Waals surface area contributed by atoms with E-state index in [9.17, 15) is 9.59 Å².